The molecule has 0 saturated carbocycles. The molecule has 0 saturated heterocycles. The molecular formula is C18H15NO3S. The second-order valence-electron chi connectivity index (χ2n) is 5.49. The van der Waals surface area contributed by atoms with Gasteiger partial charge in [-0.1, -0.05) is 18.2 Å². The Kier molecular flexibility index (Phi) is 3.50. The smallest absolute Gasteiger partial charge is 0.236 e. The zero-order valence-electron chi connectivity index (χ0n) is 12.7. The molecule has 116 valence electrons. The predicted molar refractivity (Wildman–Crippen MR) is 88.0 cm³/mol. The monoisotopic (exact) mass is 325 g/mol. The average Bonchev–Trinajstić information content (AvgIpc) is 3.27. The Morgan fingerprint density at radius 1 is 1.26 bits per heavy atom. The van der Waals surface area contributed by atoms with E-state index in [-0.39, 0.29) is 5.78 Å². The molecule has 0 N–H and O–H groups in total. The molecule has 0 spiro atoms. The molecule has 0 atom stereocenters. The first-order valence-electron chi connectivity index (χ1n) is 7.50. The van der Waals surface area contributed by atoms with Crippen LogP contribution in [0.5, 0.6) is 5.75 Å². The van der Waals surface area contributed by atoms with E-state index in [0.29, 0.717) is 18.9 Å². The number of aryl methyl sites for hydroxylation is 1. The number of aromatic nitrogens is 1. The fourth-order valence-electron chi connectivity index (χ4n) is 2.81. The zero-order chi connectivity index (χ0) is 15.8. The molecule has 1 aromatic carbocycles. The van der Waals surface area contributed by atoms with Crippen molar-refractivity contribution in [1.29, 1.82) is 0 Å². The average molecular weight is 325 g/mol. The van der Waals surface area contributed by atoms with Crippen LogP contribution in [-0.2, 0) is 13.0 Å². The Balaban J connectivity index is 1.56. The molecule has 4 nitrogen and oxygen atoms in total. The summed E-state index contributed by atoms with van der Waals surface area (Å²) in [5, 5.41) is 2.00. The normalized spacial score (nSPS) is 13.3. The highest BCUT2D eigenvalue weighted by atomic mass is 32.1. The molecule has 0 aliphatic heterocycles. The van der Waals surface area contributed by atoms with Gasteiger partial charge in [0.1, 0.15) is 23.8 Å². The SMILES string of the molecule is Cc1oc(-c2cccs2)nc1COc1cccc2c1CCC2=O. The van der Waals surface area contributed by atoms with Crippen LogP contribution in [0.3, 0.4) is 0 Å². The topological polar surface area (TPSA) is 52.3 Å². The number of oxazole rings is 1. The largest absolute Gasteiger partial charge is 0.487 e. The summed E-state index contributed by atoms with van der Waals surface area (Å²) in [6.45, 7) is 2.23. The Bertz CT molecular complexity index is 865. The molecule has 5 heteroatoms. The van der Waals surface area contributed by atoms with Crippen molar-refractivity contribution in [2.24, 2.45) is 0 Å². The number of nitrogens with zero attached hydrogens (tertiary/aromatic N) is 1. The third-order valence-corrected chi connectivity index (χ3v) is 4.88. The first-order chi connectivity index (χ1) is 11.2. The molecule has 0 fully saturated rings. The highest BCUT2D eigenvalue weighted by Crippen LogP contribution is 2.31. The number of carbonyl (C=O) groups is 1. The molecule has 2 aromatic heterocycles. The lowest BCUT2D eigenvalue weighted by molar-refractivity contribution is 0.0994. The van der Waals surface area contributed by atoms with Gasteiger partial charge in [0.05, 0.1) is 4.88 Å². The summed E-state index contributed by atoms with van der Waals surface area (Å²) in [5.74, 6) is 2.36. The van der Waals surface area contributed by atoms with Gasteiger partial charge in [0.25, 0.3) is 0 Å². The van der Waals surface area contributed by atoms with E-state index in [1.807, 2.05) is 42.6 Å². The maximum absolute atomic E-state index is 11.8. The minimum Gasteiger partial charge on any atom is -0.487 e. The van der Waals surface area contributed by atoms with Crippen LogP contribution in [0, 0.1) is 6.92 Å². The van der Waals surface area contributed by atoms with Crippen molar-refractivity contribution < 1.29 is 13.9 Å². The zero-order valence-corrected chi connectivity index (χ0v) is 13.5. The Hall–Kier alpha value is -2.40. The molecule has 0 amide bonds. The minimum absolute atomic E-state index is 0.197. The highest BCUT2D eigenvalue weighted by Gasteiger charge is 2.23. The molecule has 1 aliphatic rings. The Morgan fingerprint density at radius 2 is 2.17 bits per heavy atom. The maximum Gasteiger partial charge on any atom is 0.236 e. The number of hydrogen-bond acceptors (Lipinski definition) is 5. The van der Waals surface area contributed by atoms with Crippen molar-refractivity contribution in [3.63, 3.8) is 0 Å². The van der Waals surface area contributed by atoms with Crippen LogP contribution < -0.4 is 4.74 Å². The molecule has 4 rings (SSSR count). The number of thiophene rings is 1. The lowest BCUT2D eigenvalue weighted by atomic mass is 10.1. The van der Waals surface area contributed by atoms with Gasteiger partial charge in [-0.3, -0.25) is 4.79 Å². The summed E-state index contributed by atoms with van der Waals surface area (Å²) in [6.07, 6.45) is 1.32. The van der Waals surface area contributed by atoms with E-state index in [9.17, 15) is 4.79 Å². The van der Waals surface area contributed by atoms with E-state index in [1.165, 1.54) is 0 Å². The number of ether oxygens (including phenoxy) is 1. The first kappa shape index (κ1) is 14.2. The van der Waals surface area contributed by atoms with E-state index in [0.717, 1.165) is 39.6 Å². The van der Waals surface area contributed by atoms with Gasteiger partial charge >= 0.3 is 0 Å². The van der Waals surface area contributed by atoms with E-state index < -0.39 is 0 Å². The quantitative estimate of drug-likeness (QED) is 0.712. The second kappa shape index (κ2) is 5.66. The van der Waals surface area contributed by atoms with Gasteiger partial charge in [-0.05, 0) is 30.9 Å². The minimum atomic E-state index is 0.197. The van der Waals surface area contributed by atoms with Crippen LogP contribution in [0.15, 0.2) is 40.1 Å². The first-order valence-corrected chi connectivity index (χ1v) is 8.38. The third-order valence-electron chi connectivity index (χ3n) is 4.02. The molecule has 0 bridgehead atoms. The number of Topliss-reactive ketones (excluding diaryl/α,β-unsaturated/α-hetero) is 1. The fourth-order valence-corrected chi connectivity index (χ4v) is 3.46. The predicted octanol–water partition coefficient (Wildman–Crippen LogP) is 4.42. The maximum atomic E-state index is 11.8. The van der Waals surface area contributed by atoms with Crippen LogP contribution in [0.4, 0.5) is 0 Å². The van der Waals surface area contributed by atoms with Crippen molar-refractivity contribution in [3.8, 4) is 16.5 Å². The van der Waals surface area contributed by atoms with Crippen molar-refractivity contribution >= 4 is 17.1 Å². The molecule has 3 aromatic rings. The lowest BCUT2D eigenvalue weighted by Gasteiger charge is -2.09. The van der Waals surface area contributed by atoms with E-state index >= 15 is 0 Å². The van der Waals surface area contributed by atoms with Gasteiger partial charge in [-0.25, -0.2) is 4.98 Å². The van der Waals surface area contributed by atoms with Crippen LogP contribution >= 0.6 is 11.3 Å². The number of ketones is 1. The molecule has 23 heavy (non-hydrogen) atoms. The van der Waals surface area contributed by atoms with Gasteiger partial charge in [-0.15, -0.1) is 11.3 Å². The summed E-state index contributed by atoms with van der Waals surface area (Å²) < 4.78 is 11.6. The second-order valence-corrected chi connectivity index (χ2v) is 6.44. The van der Waals surface area contributed by atoms with Crippen molar-refractivity contribution in [3.05, 3.63) is 58.3 Å². The van der Waals surface area contributed by atoms with Crippen LogP contribution in [0.25, 0.3) is 10.8 Å². The van der Waals surface area contributed by atoms with Crippen LogP contribution in [-0.4, -0.2) is 10.8 Å². The van der Waals surface area contributed by atoms with Crippen LogP contribution in [0.1, 0.15) is 33.8 Å². The van der Waals surface area contributed by atoms with Gasteiger partial charge in [0, 0.05) is 17.5 Å². The molecule has 0 radical (unpaired) electrons. The van der Waals surface area contributed by atoms with Crippen molar-refractivity contribution in [1.82, 2.24) is 4.98 Å². The standard InChI is InChI=1S/C18H15NO3S/c1-11-14(19-18(22-11)17-6-3-9-23-17)10-21-16-5-2-4-12-13(16)7-8-15(12)20/h2-6,9H,7-8,10H2,1H3. The van der Waals surface area contributed by atoms with Gasteiger partial charge in [-0.2, -0.15) is 0 Å². The third kappa shape index (κ3) is 2.57. The van der Waals surface area contributed by atoms with Crippen molar-refractivity contribution in [2.75, 3.05) is 0 Å². The summed E-state index contributed by atoms with van der Waals surface area (Å²) >= 11 is 1.59. The number of benzene rings is 1. The van der Waals surface area contributed by atoms with Gasteiger partial charge < -0.3 is 9.15 Å². The van der Waals surface area contributed by atoms with E-state index in [4.69, 9.17) is 9.15 Å². The Labute approximate surface area is 137 Å². The summed E-state index contributed by atoms with van der Waals surface area (Å²) in [4.78, 5) is 17.3. The molecule has 0 unspecified atom stereocenters. The summed E-state index contributed by atoms with van der Waals surface area (Å²) in [7, 11) is 0. The lowest BCUT2D eigenvalue weighted by Crippen LogP contribution is -2.00. The van der Waals surface area contributed by atoms with E-state index in [1.54, 1.807) is 11.3 Å². The fraction of sp³-hybridized carbons (Fsp3) is 0.222. The number of fused-ring (bicyclic) bond motifs is 1. The van der Waals surface area contributed by atoms with Gasteiger partial charge in [0.15, 0.2) is 5.78 Å². The summed E-state index contributed by atoms with van der Waals surface area (Å²) in [6, 6.07) is 9.60. The Morgan fingerprint density at radius 3 is 3.00 bits per heavy atom. The number of hydrogen-bond donors (Lipinski definition) is 0. The highest BCUT2D eigenvalue weighted by molar-refractivity contribution is 7.13. The van der Waals surface area contributed by atoms with Crippen molar-refractivity contribution in [2.45, 2.75) is 26.4 Å². The molecule has 1 aliphatic carbocycles. The molecular weight excluding hydrogens is 310 g/mol. The van der Waals surface area contributed by atoms with Gasteiger partial charge in [0.2, 0.25) is 5.89 Å². The number of rotatable bonds is 4. The summed E-state index contributed by atoms with van der Waals surface area (Å²) in [5.41, 5.74) is 2.59. The van der Waals surface area contributed by atoms with E-state index in [2.05, 4.69) is 4.98 Å². The van der Waals surface area contributed by atoms with Crippen LogP contribution in [0.2, 0.25) is 0 Å². The number of carbonyl (C=O) groups excluding carboxylic acids is 1. The molecule has 2 heterocycles.